The van der Waals surface area contributed by atoms with Crippen LogP contribution in [0.2, 0.25) is 0 Å². The molecule has 1 aromatic carbocycles. The van der Waals surface area contributed by atoms with E-state index in [9.17, 15) is 14.9 Å². The fourth-order valence-corrected chi connectivity index (χ4v) is 2.65. The topological polar surface area (TPSA) is 66.7 Å². The highest BCUT2D eigenvalue weighted by Gasteiger charge is 2.30. The molecule has 1 aliphatic heterocycles. The number of carbonyl (C=O) groups is 1. The van der Waals surface area contributed by atoms with Crippen LogP contribution in [0.15, 0.2) is 24.3 Å². The summed E-state index contributed by atoms with van der Waals surface area (Å²) in [6.07, 6.45) is 0. The van der Waals surface area contributed by atoms with Crippen LogP contribution in [0.4, 0.5) is 5.69 Å². The molecular weight excluding hydrogens is 282 g/mol. The second-order valence-electron chi connectivity index (χ2n) is 6.70. The molecule has 0 unspecified atom stereocenters. The molecule has 0 spiro atoms. The molecule has 6 nitrogen and oxygen atoms in total. The van der Waals surface area contributed by atoms with E-state index in [2.05, 4.69) is 4.90 Å². The van der Waals surface area contributed by atoms with Gasteiger partial charge in [0, 0.05) is 49.8 Å². The number of piperazine rings is 1. The molecule has 6 heteroatoms. The molecule has 0 saturated carbocycles. The van der Waals surface area contributed by atoms with Gasteiger partial charge in [0.15, 0.2) is 0 Å². The standard InChI is InChI=1S/C16H23N3O3/c1-16(2,3)15(20)18-10-8-17(9-11-18)12-13-6-4-5-7-14(13)19(21)22/h4-7H,8-12H2,1-3H3. The van der Waals surface area contributed by atoms with Gasteiger partial charge in [0.05, 0.1) is 4.92 Å². The third-order valence-corrected chi connectivity index (χ3v) is 3.88. The van der Waals surface area contributed by atoms with Gasteiger partial charge in [0.1, 0.15) is 0 Å². The van der Waals surface area contributed by atoms with Crippen molar-refractivity contribution in [1.82, 2.24) is 9.80 Å². The summed E-state index contributed by atoms with van der Waals surface area (Å²) in [7, 11) is 0. The summed E-state index contributed by atoms with van der Waals surface area (Å²) < 4.78 is 0. The molecule has 0 N–H and O–H groups in total. The second-order valence-corrected chi connectivity index (χ2v) is 6.70. The van der Waals surface area contributed by atoms with Gasteiger partial charge in [-0.15, -0.1) is 0 Å². The Labute approximate surface area is 130 Å². The maximum Gasteiger partial charge on any atom is 0.273 e. The minimum absolute atomic E-state index is 0.163. The smallest absolute Gasteiger partial charge is 0.273 e. The van der Waals surface area contributed by atoms with Crippen LogP contribution in [0, 0.1) is 15.5 Å². The summed E-state index contributed by atoms with van der Waals surface area (Å²) in [5.74, 6) is 0.165. The molecule has 0 atom stereocenters. The van der Waals surface area contributed by atoms with Crippen LogP contribution in [0.25, 0.3) is 0 Å². The molecule has 1 fully saturated rings. The Balaban J connectivity index is 1.96. The molecule has 22 heavy (non-hydrogen) atoms. The van der Waals surface area contributed by atoms with Crippen molar-refractivity contribution in [2.45, 2.75) is 27.3 Å². The summed E-state index contributed by atoms with van der Waals surface area (Å²) in [5, 5.41) is 11.0. The molecule has 1 saturated heterocycles. The van der Waals surface area contributed by atoms with E-state index in [1.54, 1.807) is 12.1 Å². The Morgan fingerprint density at radius 3 is 2.32 bits per heavy atom. The van der Waals surface area contributed by atoms with Crippen molar-refractivity contribution >= 4 is 11.6 Å². The Bertz CT molecular complexity index is 558. The normalized spacial score (nSPS) is 16.6. The maximum atomic E-state index is 12.2. The van der Waals surface area contributed by atoms with Crippen molar-refractivity contribution in [3.8, 4) is 0 Å². The lowest BCUT2D eigenvalue weighted by molar-refractivity contribution is -0.385. The number of nitrogens with zero attached hydrogens (tertiary/aromatic N) is 3. The fraction of sp³-hybridized carbons (Fsp3) is 0.562. The third-order valence-electron chi connectivity index (χ3n) is 3.88. The SMILES string of the molecule is CC(C)(C)C(=O)N1CCN(Cc2ccccc2[N+](=O)[O-])CC1. The number of carbonyl (C=O) groups excluding carboxylic acids is 1. The van der Waals surface area contributed by atoms with Crippen molar-refractivity contribution < 1.29 is 9.72 Å². The number of hydrogen-bond acceptors (Lipinski definition) is 4. The lowest BCUT2D eigenvalue weighted by Crippen LogP contribution is -2.51. The minimum Gasteiger partial charge on any atom is -0.340 e. The highest BCUT2D eigenvalue weighted by molar-refractivity contribution is 5.81. The van der Waals surface area contributed by atoms with Gasteiger partial charge in [-0.2, -0.15) is 0 Å². The first kappa shape index (κ1) is 16.4. The van der Waals surface area contributed by atoms with Gasteiger partial charge in [-0.1, -0.05) is 39.0 Å². The largest absolute Gasteiger partial charge is 0.340 e. The van der Waals surface area contributed by atoms with E-state index in [1.165, 1.54) is 6.07 Å². The van der Waals surface area contributed by atoms with E-state index in [0.29, 0.717) is 19.6 Å². The summed E-state index contributed by atoms with van der Waals surface area (Å²) in [4.78, 5) is 27.0. The van der Waals surface area contributed by atoms with E-state index in [1.807, 2.05) is 31.7 Å². The van der Waals surface area contributed by atoms with Crippen molar-refractivity contribution in [2.24, 2.45) is 5.41 Å². The van der Waals surface area contributed by atoms with Crippen LogP contribution in [-0.4, -0.2) is 46.8 Å². The molecule has 1 aromatic rings. The monoisotopic (exact) mass is 305 g/mol. The number of hydrogen-bond donors (Lipinski definition) is 0. The number of nitro groups is 1. The predicted molar refractivity (Wildman–Crippen MR) is 84.4 cm³/mol. The Morgan fingerprint density at radius 2 is 1.77 bits per heavy atom. The van der Waals surface area contributed by atoms with Gasteiger partial charge in [-0.05, 0) is 0 Å². The Hall–Kier alpha value is -1.95. The first-order valence-electron chi connectivity index (χ1n) is 7.53. The number of benzene rings is 1. The van der Waals surface area contributed by atoms with Gasteiger partial charge in [0.25, 0.3) is 5.69 Å². The summed E-state index contributed by atoms with van der Waals surface area (Å²) in [6, 6.07) is 6.84. The molecule has 0 bridgehead atoms. The lowest BCUT2D eigenvalue weighted by Gasteiger charge is -2.37. The predicted octanol–water partition coefficient (Wildman–Crippen LogP) is 2.29. The molecule has 120 valence electrons. The van der Waals surface area contributed by atoms with E-state index in [-0.39, 0.29) is 21.9 Å². The van der Waals surface area contributed by atoms with E-state index >= 15 is 0 Å². The van der Waals surface area contributed by atoms with Crippen LogP contribution in [-0.2, 0) is 11.3 Å². The highest BCUT2D eigenvalue weighted by Crippen LogP contribution is 2.22. The fourth-order valence-electron chi connectivity index (χ4n) is 2.65. The van der Waals surface area contributed by atoms with Crippen LogP contribution < -0.4 is 0 Å². The summed E-state index contributed by atoms with van der Waals surface area (Å²) in [6.45, 7) is 9.17. The summed E-state index contributed by atoms with van der Waals surface area (Å²) in [5.41, 5.74) is 0.527. The number of para-hydroxylation sites is 1. The summed E-state index contributed by atoms with van der Waals surface area (Å²) >= 11 is 0. The average Bonchev–Trinajstić information content (AvgIpc) is 2.46. The zero-order valence-corrected chi connectivity index (χ0v) is 13.4. The number of rotatable bonds is 3. The van der Waals surface area contributed by atoms with E-state index in [0.717, 1.165) is 18.7 Å². The number of nitro benzene ring substituents is 1. The zero-order chi connectivity index (χ0) is 16.3. The van der Waals surface area contributed by atoms with Crippen molar-refractivity contribution in [2.75, 3.05) is 26.2 Å². The van der Waals surface area contributed by atoms with Crippen molar-refractivity contribution in [3.63, 3.8) is 0 Å². The molecule has 1 aliphatic rings. The van der Waals surface area contributed by atoms with Crippen LogP contribution in [0.3, 0.4) is 0 Å². The Kier molecular flexibility index (Phi) is 4.81. The first-order chi connectivity index (χ1) is 10.3. The van der Waals surface area contributed by atoms with Crippen LogP contribution >= 0.6 is 0 Å². The maximum absolute atomic E-state index is 12.2. The highest BCUT2D eigenvalue weighted by atomic mass is 16.6. The Morgan fingerprint density at radius 1 is 1.18 bits per heavy atom. The van der Waals surface area contributed by atoms with E-state index in [4.69, 9.17) is 0 Å². The van der Waals surface area contributed by atoms with Crippen LogP contribution in [0.5, 0.6) is 0 Å². The van der Waals surface area contributed by atoms with Crippen molar-refractivity contribution in [1.29, 1.82) is 0 Å². The van der Waals surface area contributed by atoms with Gasteiger partial charge >= 0.3 is 0 Å². The molecule has 1 heterocycles. The zero-order valence-electron chi connectivity index (χ0n) is 13.4. The molecule has 1 amide bonds. The van der Waals surface area contributed by atoms with Gasteiger partial charge in [0.2, 0.25) is 5.91 Å². The minimum atomic E-state index is -0.361. The first-order valence-corrected chi connectivity index (χ1v) is 7.53. The van der Waals surface area contributed by atoms with E-state index < -0.39 is 0 Å². The quantitative estimate of drug-likeness (QED) is 0.635. The molecule has 0 aromatic heterocycles. The molecule has 2 rings (SSSR count). The molecule has 0 radical (unpaired) electrons. The average molecular weight is 305 g/mol. The second kappa shape index (κ2) is 6.44. The third kappa shape index (κ3) is 3.82. The van der Waals surface area contributed by atoms with Crippen molar-refractivity contribution in [3.05, 3.63) is 39.9 Å². The molecular formula is C16H23N3O3. The van der Waals surface area contributed by atoms with Gasteiger partial charge in [-0.3, -0.25) is 19.8 Å². The molecule has 0 aliphatic carbocycles. The number of amides is 1. The lowest BCUT2D eigenvalue weighted by atomic mass is 9.94. The van der Waals surface area contributed by atoms with Crippen LogP contribution in [0.1, 0.15) is 26.3 Å². The van der Waals surface area contributed by atoms with Gasteiger partial charge in [-0.25, -0.2) is 0 Å². The van der Waals surface area contributed by atoms with Gasteiger partial charge < -0.3 is 4.90 Å².